The van der Waals surface area contributed by atoms with Crippen molar-refractivity contribution in [3.63, 3.8) is 0 Å². The molecule has 1 aliphatic rings. The molecule has 1 aromatic heterocycles. The maximum atomic E-state index is 11.0. The van der Waals surface area contributed by atoms with Crippen molar-refractivity contribution in [3.8, 4) is 5.88 Å². The van der Waals surface area contributed by atoms with Gasteiger partial charge < -0.3 is 20.4 Å². The van der Waals surface area contributed by atoms with Crippen LogP contribution >= 0.6 is 0 Å². The summed E-state index contributed by atoms with van der Waals surface area (Å²) in [7, 11) is 0. The second-order valence-electron chi connectivity index (χ2n) is 4.22. The van der Waals surface area contributed by atoms with Gasteiger partial charge in [0.15, 0.2) is 5.84 Å². The molecule has 3 N–H and O–H groups in total. The van der Waals surface area contributed by atoms with Gasteiger partial charge in [0.05, 0.1) is 18.1 Å². The summed E-state index contributed by atoms with van der Waals surface area (Å²) >= 11 is 0. The summed E-state index contributed by atoms with van der Waals surface area (Å²) in [5.74, 6) is -0.324. The summed E-state index contributed by atoms with van der Waals surface area (Å²) in [5.41, 5.74) is 5.21. The number of oxime groups is 1. The van der Waals surface area contributed by atoms with E-state index in [1.165, 1.54) is 6.20 Å². The molecule has 0 bridgehead atoms. The van der Waals surface area contributed by atoms with Crippen molar-refractivity contribution in [1.82, 2.24) is 4.98 Å². The zero-order chi connectivity index (χ0) is 14.5. The standard InChI is InChI=1S/C11H14N4O5/c12-10(14-16)7-5-9(15(17)18)11(13-6-7)20-8-1-3-19-4-2-8/h5-6,8,16H,1-4H2,(H2,12,14). The van der Waals surface area contributed by atoms with Gasteiger partial charge in [-0.25, -0.2) is 4.98 Å². The number of rotatable bonds is 4. The fourth-order valence-corrected chi connectivity index (χ4v) is 1.81. The first kappa shape index (κ1) is 14.0. The van der Waals surface area contributed by atoms with Gasteiger partial charge in [0.2, 0.25) is 0 Å². The van der Waals surface area contributed by atoms with Crippen LogP contribution in [-0.2, 0) is 4.74 Å². The minimum absolute atomic E-state index is 0.0728. The van der Waals surface area contributed by atoms with E-state index in [4.69, 9.17) is 20.4 Å². The fraction of sp³-hybridized carbons (Fsp3) is 0.455. The molecule has 1 fully saturated rings. The average Bonchev–Trinajstić information content (AvgIpc) is 2.47. The van der Waals surface area contributed by atoms with Crippen molar-refractivity contribution in [1.29, 1.82) is 0 Å². The lowest BCUT2D eigenvalue weighted by Crippen LogP contribution is -2.26. The molecule has 0 saturated carbocycles. The van der Waals surface area contributed by atoms with Crippen LogP contribution in [0.15, 0.2) is 17.4 Å². The SMILES string of the molecule is NC(=NO)c1cnc(OC2CCOCC2)c([N+](=O)[O-])c1. The smallest absolute Gasteiger partial charge is 0.331 e. The number of ether oxygens (including phenoxy) is 2. The normalized spacial score (nSPS) is 16.9. The number of hydrogen-bond acceptors (Lipinski definition) is 7. The first-order valence-corrected chi connectivity index (χ1v) is 5.98. The molecular weight excluding hydrogens is 268 g/mol. The Kier molecular flexibility index (Phi) is 4.31. The van der Waals surface area contributed by atoms with Crippen LogP contribution in [0.5, 0.6) is 5.88 Å². The highest BCUT2D eigenvalue weighted by Crippen LogP contribution is 2.27. The average molecular weight is 282 g/mol. The Labute approximate surface area is 114 Å². The number of pyridine rings is 1. The van der Waals surface area contributed by atoms with Crippen LogP contribution < -0.4 is 10.5 Å². The van der Waals surface area contributed by atoms with Crippen molar-refractivity contribution >= 4 is 11.5 Å². The lowest BCUT2D eigenvalue weighted by Gasteiger charge is -2.22. The quantitative estimate of drug-likeness (QED) is 0.272. The largest absolute Gasteiger partial charge is 0.469 e. The van der Waals surface area contributed by atoms with E-state index < -0.39 is 4.92 Å². The number of amidine groups is 1. The zero-order valence-corrected chi connectivity index (χ0v) is 10.6. The highest BCUT2D eigenvalue weighted by molar-refractivity contribution is 5.97. The third kappa shape index (κ3) is 3.12. The van der Waals surface area contributed by atoms with Crippen molar-refractivity contribution in [2.45, 2.75) is 18.9 Å². The molecule has 20 heavy (non-hydrogen) atoms. The van der Waals surface area contributed by atoms with Gasteiger partial charge in [-0.1, -0.05) is 5.16 Å². The number of nitrogens with zero attached hydrogens (tertiary/aromatic N) is 3. The second-order valence-corrected chi connectivity index (χ2v) is 4.22. The summed E-state index contributed by atoms with van der Waals surface area (Å²) < 4.78 is 10.7. The molecule has 2 rings (SSSR count). The van der Waals surface area contributed by atoms with Crippen LogP contribution in [0.4, 0.5) is 5.69 Å². The van der Waals surface area contributed by atoms with E-state index in [1.54, 1.807) is 0 Å². The molecule has 108 valence electrons. The third-order valence-corrected chi connectivity index (χ3v) is 2.88. The van der Waals surface area contributed by atoms with E-state index in [1.807, 2.05) is 0 Å². The molecule has 9 nitrogen and oxygen atoms in total. The molecular formula is C11H14N4O5. The molecule has 9 heteroatoms. The Hall–Kier alpha value is -2.42. The number of nitrogens with two attached hydrogens (primary N) is 1. The number of nitro groups is 1. The summed E-state index contributed by atoms with van der Waals surface area (Å²) in [6.07, 6.45) is 2.41. The highest BCUT2D eigenvalue weighted by atomic mass is 16.6. The Morgan fingerprint density at radius 1 is 1.60 bits per heavy atom. The van der Waals surface area contributed by atoms with E-state index in [2.05, 4.69) is 10.1 Å². The Morgan fingerprint density at radius 2 is 2.30 bits per heavy atom. The van der Waals surface area contributed by atoms with E-state index in [9.17, 15) is 10.1 Å². The van der Waals surface area contributed by atoms with Crippen molar-refractivity contribution in [2.24, 2.45) is 10.9 Å². The van der Waals surface area contributed by atoms with Gasteiger partial charge in [0, 0.05) is 30.7 Å². The predicted octanol–water partition coefficient (Wildman–Crippen LogP) is 0.642. The molecule has 0 atom stereocenters. The topological polar surface area (TPSA) is 133 Å². The maximum absolute atomic E-state index is 11.0. The van der Waals surface area contributed by atoms with Crippen molar-refractivity contribution in [3.05, 3.63) is 27.9 Å². The summed E-state index contributed by atoms with van der Waals surface area (Å²) in [6, 6.07) is 1.16. The van der Waals surface area contributed by atoms with Gasteiger partial charge in [-0.2, -0.15) is 0 Å². The van der Waals surface area contributed by atoms with Gasteiger partial charge in [-0.3, -0.25) is 10.1 Å². The van der Waals surface area contributed by atoms with E-state index >= 15 is 0 Å². The highest BCUT2D eigenvalue weighted by Gasteiger charge is 2.23. The molecule has 0 aliphatic carbocycles. The third-order valence-electron chi connectivity index (χ3n) is 2.88. The first-order chi connectivity index (χ1) is 9.61. The molecule has 0 unspecified atom stereocenters. The van der Waals surface area contributed by atoms with Gasteiger partial charge >= 0.3 is 5.69 Å². The minimum Gasteiger partial charge on any atom is -0.469 e. The van der Waals surface area contributed by atoms with E-state index in [0.29, 0.717) is 26.1 Å². The van der Waals surface area contributed by atoms with Gasteiger partial charge in [-0.05, 0) is 0 Å². The molecule has 1 aromatic rings. The summed E-state index contributed by atoms with van der Waals surface area (Å²) in [4.78, 5) is 14.3. The molecule has 0 radical (unpaired) electrons. The van der Waals surface area contributed by atoms with Crippen LogP contribution in [0.1, 0.15) is 18.4 Å². The van der Waals surface area contributed by atoms with Crippen LogP contribution in [-0.4, -0.2) is 40.3 Å². The molecule has 1 saturated heterocycles. The second kappa shape index (κ2) is 6.15. The van der Waals surface area contributed by atoms with Gasteiger partial charge in [0.1, 0.15) is 6.10 Å². The molecule has 0 aromatic carbocycles. The Balaban J connectivity index is 2.25. The van der Waals surface area contributed by atoms with Crippen LogP contribution in [0.3, 0.4) is 0 Å². The van der Waals surface area contributed by atoms with Crippen molar-refractivity contribution < 1.29 is 19.6 Å². The van der Waals surface area contributed by atoms with Crippen LogP contribution in [0, 0.1) is 10.1 Å². The van der Waals surface area contributed by atoms with Gasteiger partial charge in [0.25, 0.3) is 5.88 Å². The van der Waals surface area contributed by atoms with E-state index in [0.717, 1.165) is 6.07 Å². The van der Waals surface area contributed by atoms with Gasteiger partial charge in [-0.15, -0.1) is 0 Å². The number of aromatic nitrogens is 1. The summed E-state index contributed by atoms with van der Waals surface area (Å²) in [5, 5.41) is 22.4. The first-order valence-electron chi connectivity index (χ1n) is 5.98. The molecule has 2 heterocycles. The predicted molar refractivity (Wildman–Crippen MR) is 67.9 cm³/mol. The Bertz CT molecular complexity index is 528. The summed E-state index contributed by atoms with van der Waals surface area (Å²) in [6.45, 7) is 1.11. The van der Waals surface area contributed by atoms with E-state index in [-0.39, 0.29) is 29.1 Å². The fourth-order valence-electron chi connectivity index (χ4n) is 1.81. The monoisotopic (exact) mass is 282 g/mol. The number of hydrogen-bond donors (Lipinski definition) is 2. The minimum atomic E-state index is -0.615. The molecule has 0 amide bonds. The molecule has 0 spiro atoms. The Morgan fingerprint density at radius 3 is 2.90 bits per heavy atom. The lowest BCUT2D eigenvalue weighted by atomic mass is 10.1. The zero-order valence-electron chi connectivity index (χ0n) is 10.6. The van der Waals surface area contributed by atoms with Crippen molar-refractivity contribution in [2.75, 3.05) is 13.2 Å². The lowest BCUT2D eigenvalue weighted by molar-refractivity contribution is -0.386. The maximum Gasteiger partial charge on any atom is 0.331 e. The molecule has 1 aliphatic heterocycles. The van der Waals surface area contributed by atoms with Crippen LogP contribution in [0.25, 0.3) is 0 Å². The van der Waals surface area contributed by atoms with Crippen LogP contribution in [0.2, 0.25) is 0 Å².